The highest BCUT2D eigenvalue weighted by molar-refractivity contribution is 7.87. The first kappa shape index (κ1) is 38.7. The number of carbonyl (C=O) groups excluding carboxylic acids is 2. The fourth-order valence-corrected chi connectivity index (χ4v) is 6.84. The maximum absolute atomic E-state index is 12.5. The highest BCUT2D eigenvalue weighted by Gasteiger charge is 2.27. The second kappa shape index (κ2) is 17.4. The van der Waals surface area contributed by atoms with E-state index in [-0.39, 0.29) is 44.0 Å². The Balaban J connectivity index is 1.70. The lowest BCUT2D eigenvalue weighted by Crippen LogP contribution is -2.34. The predicted octanol–water partition coefficient (Wildman–Crippen LogP) is 3.96. The van der Waals surface area contributed by atoms with E-state index in [9.17, 15) is 26.4 Å². The first-order chi connectivity index (χ1) is 20.9. The van der Waals surface area contributed by atoms with Gasteiger partial charge in [0.05, 0.1) is 36.8 Å². The zero-order valence-corrected chi connectivity index (χ0v) is 28.6. The van der Waals surface area contributed by atoms with Gasteiger partial charge in [-0.05, 0) is 54.1 Å². The van der Waals surface area contributed by atoms with E-state index in [0.717, 1.165) is 11.1 Å². The molecule has 45 heavy (non-hydrogen) atoms. The van der Waals surface area contributed by atoms with E-state index < -0.39 is 54.7 Å². The van der Waals surface area contributed by atoms with Gasteiger partial charge in [-0.2, -0.15) is 16.8 Å². The molecule has 12 heteroatoms. The maximum atomic E-state index is 12.5. The molecule has 0 heterocycles. The molecule has 0 bridgehead atoms. The zero-order chi connectivity index (χ0) is 33.7. The molecule has 0 aliphatic rings. The van der Waals surface area contributed by atoms with Crippen molar-refractivity contribution in [2.45, 2.75) is 84.7 Å². The third kappa shape index (κ3) is 16.1. The summed E-state index contributed by atoms with van der Waals surface area (Å²) in [5, 5.41) is 0. The van der Waals surface area contributed by atoms with Gasteiger partial charge in [0.25, 0.3) is 20.2 Å². The molecule has 2 aromatic rings. The number of hydrogen-bond acceptors (Lipinski definition) is 10. The van der Waals surface area contributed by atoms with E-state index in [2.05, 4.69) is 0 Å². The van der Waals surface area contributed by atoms with Crippen molar-refractivity contribution in [1.29, 1.82) is 0 Å². The summed E-state index contributed by atoms with van der Waals surface area (Å²) in [6, 6.07) is 17.6. The second-order valence-electron chi connectivity index (χ2n) is 13.3. The van der Waals surface area contributed by atoms with E-state index in [0.29, 0.717) is 25.7 Å². The summed E-state index contributed by atoms with van der Waals surface area (Å²) >= 11 is 0. The quantitative estimate of drug-likeness (QED) is 0.175. The zero-order valence-electron chi connectivity index (χ0n) is 26.9. The van der Waals surface area contributed by atoms with Crippen LogP contribution >= 0.6 is 0 Å². The molecule has 0 amide bonds. The molecule has 0 saturated carbocycles. The fourth-order valence-electron chi connectivity index (χ4n) is 4.43. The molecule has 0 spiro atoms. The number of hydrogen-bond donors (Lipinski definition) is 2. The average Bonchev–Trinajstić information content (AvgIpc) is 2.98. The van der Waals surface area contributed by atoms with Crippen LogP contribution in [0, 0.1) is 10.8 Å². The Morgan fingerprint density at radius 1 is 0.644 bits per heavy atom. The van der Waals surface area contributed by atoms with Gasteiger partial charge in [-0.3, -0.25) is 18.0 Å². The van der Waals surface area contributed by atoms with Gasteiger partial charge < -0.3 is 11.5 Å². The highest BCUT2D eigenvalue weighted by atomic mass is 32.2. The van der Waals surface area contributed by atoms with Crippen LogP contribution in [0.3, 0.4) is 0 Å². The van der Waals surface area contributed by atoms with Crippen molar-refractivity contribution < 1.29 is 34.8 Å². The Morgan fingerprint density at radius 3 is 1.31 bits per heavy atom. The van der Waals surface area contributed by atoms with Crippen LogP contribution in [0.5, 0.6) is 0 Å². The largest absolute Gasteiger partial charge is 0.321 e. The number of ketones is 2. The Kier molecular flexibility index (Phi) is 15.0. The molecule has 252 valence electrons. The number of benzene rings is 2. The van der Waals surface area contributed by atoms with Gasteiger partial charge in [-0.15, -0.1) is 0 Å². The van der Waals surface area contributed by atoms with Gasteiger partial charge in [0.2, 0.25) is 0 Å². The molecule has 2 rings (SSSR count). The Morgan fingerprint density at radius 2 is 0.978 bits per heavy atom. The topological polar surface area (TPSA) is 173 Å². The summed E-state index contributed by atoms with van der Waals surface area (Å²) in [5.74, 6) is -1.21. The standard InChI is InChI=1S/C33H50N2O8S2/c1-32(2,18-16-30(36)28(34)22-26-12-7-5-8-13-26)24-42-44(38,39)20-11-21-45(40,41)43-25-33(3,4)19-17-31(37)29(35)23-27-14-9-6-10-15-27/h5-10,12-15,28-29H,11,16-25,34-35H2,1-4H3/t28-,29-/m0/s1. The van der Waals surface area contributed by atoms with Crippen molar-refractivity contribution in [2.24, 2.45) is 22.3 Å². The van der Waals surface area contributed by atoms with Crippen molar-refractivity contribution in [3.8, 4) is 0 Å². The third-order valence-electron chi connectivity index (χ3n) is 7.57. The smallest absolute Gasteiger partial charge is 0.267 e. The van der Waals surface area contributed by atoms with E-state index >= 15 is 0 Å². The summed E-state index contributed by atoms with van der Waals surface area (Å²) in [6.07, 6.45) is 1.79. The molecule has 2 atom stereocenters. The minimum Gasteiger partial charge on any atom is -0.321 e. The van der Waals surface area contributed by atoms with Gasteiger partial charge >= 0.3 is 0 Å². The lowest BCUT2D eigenvalue weighted by Gasteiger charge is -2.25. The van der Waals surface area contributed by atoms with Gasteiger partial charge in [0.1, 0.15) is 11.6 Å². The van der Waals surface area contributed by atoms with Gasteiger partial charge in [0, 0.05) is 12.8 Å². The molecule has 0 aliphatic carbocycles. The van der Waals surface area contributed by atoms with Gasteiger partial charge in [0.15, 0.2) is 0 Å². The number of carbonyl (C=O) groups is 2. The van der Waals surface area contributed by atoms with Crippen LogP contribution < -0.4 is 11.5 Å². The molecule has 10 nitrogen and oxygen atoms in total. The minimum atomic E-state index is -4.00. The van der Waals surface area contributed by atoms with Crippen LogP contribution in [0.4, 0.5) is 0 Å². The molecule has 0 unspecified atom stereocenters. The fraction of sp³-hybridized carbons (Fsp3) is 0.576. The monoisotopic (exact) mass is 666 g/mol. The molecule has 0 radical (unpaired) electrons. The van der Waals surface area contributed by atoms with E-state index in [4.69, 9.17) is 19.8 Å². The molecular formula is C33H50N2O8S2. The van der Waals surface area contributed by atoms with Crippen LogP contribution in [0.2, 0.25) is 0 Å². The van der Waals surface area contributed by atoms with Crippen molar-refractivity contribution in [3.05, 3.63) is 71.8 Å². The highest BCUT2D eigenvalue weighted by Crippen LogP contribution is 2.26. The lowest BCUT2D eigenvalue weighted by atomic mass is 9.86. The summed E-state index contributed by atoms with van der Waals surface area (Å²) in [5.41, 5.74) is 12.8. The molecule has 0 aromatic heterocycles. The molecule has 4 N–H and O–H groups in total. The van der Waals surface area contributed by atoms with Crippen LogP contribution in [0.1, 0.15) is 70.9 Å². The van der Waals surface area contributed by atoms with Gasteiger partial charge in [-0.1, -0.05) is 88.4 Å². The third-order valence-corrected chi connectivity index (χ3v) is 10.1. The Labute approximate surface area is 269 Å². The van der Waals surface area contributed by atoms with E-state index in [1.807, 2.05) is 60.7 Å². The number of Topliss-reactive ketones (excluding diaryl/α,β-unsaturated/α-hetero) is 2. The maximum Gasteiger partial charge on any atom is 0.267 e. The normalized spacial score (nSPS) is 14.2. The Bertz CT molecular complexity index is 1320. The molecule has 0 saturated heterocycles. The van der Waals surface area contributed by atoms with Crippen LogP contribution in [-0.4, -0.2) is 65.2 Å². The summed E-state index contributed by atoms with van der Waals surface area (Å²) in [7, 11) is -8.01. The number of nitrogens with two attached hydrogens (primary N) is 2. The second-order valence-corrected chi connectivity index (χ2v) is 16.8. The van der Waals surface area contributed by atoms with Crippen LogP contribution in [-0.2, 0) is 51.0 Å². The Hall–Kier alpha value is -2.48. The predicted molar refractivity (Wildman–Crippen MR) is 176 cm³/mol. The van der Waals surface area contributed by atoms with Crippen molar-refractivity contribution in [1.82, 2.24) is 0 Å². The first-order valence-electron chi connectivity index (χ1n) is 15.3. The molecular weight excluding hydrogens is 617 g/mol. The average molecular weight is 667 g/mol. The van der Waals surface area contributed by atoms with Crippen molar-refractivity contribution in [2.75, 3.05) is 24.7 Å². The van der Waals surface area contributed by atoms with Crippen molar-refractivity contribution >= 4 is 31.8 Å². The SMILES string of the molecule is CC(C)(CCC(=O)[C@@H](N)Cc1ccccc1)COS(=O)(=O)CCCS(=O)(=O)OCC(C)(C)CCC(=O)[C@@H](N)Cc1ccccc1. The van der Waals surface area contributed by atoms with Crippen LogP contribution in [0.25, 0.3) is 0 Å². The summed E-state index contributed by atoms with van der Waals surface area (Å²) in [4.78, 5) is 25.1. The van der Waals surface area contributed by atoms with E-state index in [1.54, 1.807) is 27.7 Å². The lowest BCUT2D eigenvalue weighted by molar-refractivity contribution is -0.121. The first-order valence-corrected chi connectivity index (χ1v) is 18.4. The minimum absolute atomic E-state index is 0.110. The van der Waals surface area contributed by atoms with E-state index in [1.165, 1.54) is 0 Å². The van der Waals surface area contributed by atoms with Crippen LogP contribution in [0.15, 0.2) is 60.7 Å². The molecule has 0 fully saturated rings. The number of rotatable bonds is 22. The van der Waals surface area contributed by atoms with Gasteiger partial charge in [-0.25, -0.2) is 0 Å². The summed E-state index contributed by atoms with van der Waals surface area (Å²) in [6.45, 7) is 6.88. The van der Waals surface area contributed by atoms with Crippen molar-refractivity contribution in [3.63, 3.8) is 0 Å². The molecule has 2 aromatic carbocycles. The molecule has 0 aliphatic heterocycles. The summed E-state index contributed by atoms with van der Waals surface area (Å²) < 4.78 is 60.2.